The predicted octanol–water partition coefficient (Wildman–Crippen LogP) is 3.53. The van der Waals surface area contributed by atoms with Crippen LogP contribution in [0.3, 0.4) is 0 Å². The second kappa shape index (κ2) is 8.24. The average Bonchev–Trinajstić information content (AvgIpc) is 2.68. The van der Waals surface area contributed by atoms with Gasteiger partial charge in [-0.25, -0.2) is 0 Å². The maximum Gasteiger partial charge on any atom is 0.254 e. The number of piperidine rings is 2. The van der Waals surface area contributed by atoms with Gasteiger partial charge in [0.05, 0.1) is 5.56 Å². The number of rotatable bonds is 5. The summed E-state index contributed by atoms with van der Waals surface area (Å²) in [5.74, 6) is 0.107. The summed E-state index contributed by atoms with van der Waals surface area (Å²) in [5, 5.41) is 0. The van der Waals surface area contributed by atoms with Crippen molar-refractivity contribution in [1.82, 2.24) is 9.80 Å². The Morgan fingerprint density at radius 1 is 1.11 bits per heavy atom. The Kier molecular flexibility index (Phi) is 5.98. The van der Waals surface area contributed by atoms with Gasteiger partial charge in [-0.15, -0.1) is 0 Å². The van der Waals surface area contributed by atoms with Gasteiger partial charge < -0.3 is 9.80 Å². The fourth-order valence-corrected chi connectivity index (χ4v) is 4.52. The van der Waals surface area contributed by atoms with E-state index in [9.17, 15) is 14.4 Å². The maximum absolute atomic E-state index is 13.2. The molecule has 5 heteroatoms. The van der Waals surface area contributed by atoms with Gasteiger partial charge in [0.25, 0.3) is 5.91 Å². The lowest BCUT2D eigenvalue weighted by atomic mass is 9.73. The summed E-state index contributed by atoms with van der Waals surface area (Å²) in [5.41, 5.74) is 0.989. The summed E-state index contributed by atoms with van der Waals surface area (Å²) < 4.78 is 0. The van der Waals surface area contributed by atoms with Gasteiger partial charge in [-0.05, 0) is 38.7 Å². The largest absolute Gasteiger partial charge is 0.342 e. The molecular weight excluding hydrogens is 340 g/mol. The highest BCUT2D eigenvalue weighted by molar-refractivity contribution is 6.07. The second-order valence-corrected chi connectivity index (χ2v) is 8.10. The summed E-state index contributed by atoms with van der Waals surface area (Å²) >= 11 is 0. The number of hydrogen-bond donors (Lipinski definition) is 0. The van der Waals surface area contributed by atoms with E-state index in [1.54, 1.807) is 18.2 Å². The summed E-state index contributed by atoms with van der Waals surface area (Å²) in [6.07, 6.45) is 5.53. The van der Waals surface area contributed by atoms with E-state index < -0.39 is 0 Å². The molecule has 1 aromatic rings. The number of benzene rings is 1. The van der Waals surface area contributed by atoms with Crippen LogP contribution in [0.4, 0.5) is 0 Å². The highest BCUT2D eigenvalue weighted by atomic mass is 16.2. The van der Waals surface area contributed by atoms with E-state index in [4.69, 9.17) is 0 Å². The zero-order valence-electron chi connectivity index (χ0n) is 16.5. The smallest absolute Gasteiger partial charge is 0.254 e. The number of likely N-dealkylation sites (tertiary alicyclic amines) is 2. The second-order valence-electron chi connectivity index (χ2n) is 8.10. The van der Waals surface area contributed by atoms with Crippen molar-refractivity contribution in [2.45, 2.75) is 52.4 Å². The molecule has 0 saturated carbocycles. The number of ketones is 1. The first-order valence-corrected chi connectivity index (χ1v) is 10.1. The van der Waals surface area contributed by atoms with Gasteiger partial charge in [0, 0.05) is 43.6 Å². The van der Waals surface area contributed by atoms with Crippen molar-refractivity contribution >= 4 is 17.6 Å². The Balaban J connectivity index is 1.77. The van der Waals surface area contributed by atoms with E-state index in [0.717, 1.165) is 51.7 Å². The highest BCUT2D eigenvalue weighted by Gasteiger charge is 2.42. The molecule has 27 heavy (non-hydrogen) atoms. The molecule has 0 bridgehead atoms. The first kappa shape index (κ1) is 19.6. The fraction of sp³-hybridized carbons (Fsp3) is 0.591. The van der Waals surface area contributed by atoms with Crippen molar-refractivity contribution < 1.29 is 14.4 Å². The number of nitrogens with zero attached hydrogens (tertiary/aromatic N) is 2. The zero-order chi connectivity index (χ0) is 19.4. The van der Waals surface area contributed by atoms with E-state index in [1.807, 2.05) is 15.9 Å². The number of carbonyl (C=O) groups is 3. The minimum Gasteiger partial charge on any atom is -0.342 e. The monoisotopic (exact) mass is 370 g/mol. The number of unbranched alkanes of at least 4 members (excludes halogenated alkanes) is 1. The lowest BCUT2D eigenvalue weighted by molar-refractivity contribution is -0.139. The molecule has 2 saturated heterocycles. The molecule has 0 aromatic heterocycles. The molecule has 2 amide bonds. The van der Waals surface area contributed by atoms with E-state index in [2.05, 4.69) is 6.92 Å². The van der Waals surface area contributed by atoms with Gasteiger partial charge in [-0.2, -0.15) is 0 Å². The van der Waals surface area contributed by atoms with Crippen LogP contribution in [0.25, 0.3) is 0 Å². The molecule has 2 heterocycles. The van der Waals surface area contributed by atoms with Crippen LogP contribution in [0, 0.1) is 5.41 Å². The van der Waals surface area contributed by atoms with Crippen LogP contribution in [-0.4, -0.2) is 53.6 Å². The van der Waals surface area contributed by atoms with Gasteiger partial charge in [-0.1, -0.05) is 31.5 Å². The Hall–Kier alpha value is -2.17. The van der Waals surface area contributed by atoms with Crippen molar-refractivity contribution in [2.24, 2.45) is 5.41 Å². The lowest BCUT2D eigenvalue weighted by Crippen LogP contribution is -2.55. The summed E-state index contributed by atoms with van der Waals surface area (Å²) in [6, 6.07) is 7.08. The summed E-state index contributed by atoms with van der Waals surface area (Å²) in [4.78, 5) is 41.3. The predicted molar refractivity (Wildman–Crippen MR) is 105 cm³/mol. The summed E-state index contributed by atoms with van der Waals surface area (Å²) in [6.45, 7) is 6.60. The normalized spacial score (nSPS) is 23.0. The molecule has 0 aliphatic carbocycles. The molecular formula is C22H30N2O3. The molecule has 1 aromatic carbocycles. The maximum atomic E-state index is 13.2. The Labute approximate surface area is 161 Å². The fourth-order valence-electron chi connectivity index (χ4n) is 4.52. The third-order valence-corrected chi connectivity index (χ3v) is 6.02. The van der Waals surface area contributed by atoms with Crippen molar-refractivity contribution in [3.05, 3.63) is 35.4 Å². The van der Waals surface area contributed by atoms with Crippen molar-refractivity contribution in [1.29, 1.82) is 0 Å². The topological polar surface area (TPSA) is 57.7 Å². The average molecular weight is 370 g/mol. The minimum atomic E-state index is -0.0836. The number of hydrogen-bond acceptors (Lipinski definition) is 3. The van der Waals surface area contributed by atoms with E-state index >= 15 is 0 Å². The molecule has 1 spiro atoms. The van der Waals surface area contributed by atoms with Gasteiger partial charge in [0.1, 0.15) is 0 Å². The number of amides is 2. The molecule has 0 N–H and O–H groups in total. The van der Waals surface area contributed by atoms with E-state index in [0.29, 0.717) is 24.1 Å². The molecule has 146 valence electrons. The van der Waals surface area contributed by atoms with Crippen molar-refractivity contribution in [2.75, 3.05) is 26.2 Å². The van der Waals surface area contributed by atoms with Gasteiger partial charge >= 0.3 is 0 Å². The van der Waals surface area contributed by atoms with Crippen molar-refractivity contribution in [3.63, 3.8) is 0 Å². The minimum absolute atomic E-state index is 0.000723. The van der Waals surface area contributed by atoms with Crippen LogP contribution in [0.5, 0.6) is 0 Å². The number of carbonyl (C=O) groups excluding carboxylic acids is 3. The van der Waals surface area contributed by atoms with Crippen LogP contribution in [-0.2, 0) is 4.79 Å². The van der Waals surface area contributed by atoms with Crippen LogP contribution in [0.2, 0.25) is 0 Å². The van der Waals surface area contributed by atoms with Crippen LogP contribution < -0.4 is 0 Å². The molecule has 2 aliphatic heterocycles. The zero-order valence-corrected chi connectivity index (χ0v) is 16.5. The van der Waals surface area contributed by atoms with E-state index in [-0.39, 0.29) is 23.0 Å². The highest BCUT2D eigenvalue weighted by Crippen LogP contribution is 2.39. The molecule has 2 fully saturated rings. The van der Waals surface area contributed by atoms with Crippen LogP contribution in [0.15, 0.2) is 24.3 Å². The molecule has 1 atom stereocenters. The Bertz CT molecular complexity index is 730. The first-order chi connectivity index (χ1) is 13.0. The third-order valence-electron chi connectivity index (χ3n) is 6.02. The van der Waals surface area contributed by atoms with Crippen LogP contribution in [0.1, 0.15) is 73.1 Å². The summed E-state index contributed by atoms with van der Waals surface area (Å²) in [7, 11) is 0. The molecule has 2 aliphatic rings. The van der Waals surface area contributed by atoms with Gasteiger partial charge in [0.15, 0.2) is 5.78 Å². The van der Waals surface area contributed by atoms with Crippen LogP contribution >= 0.6 is 0 Å². The SMILES string of the molecule is CCCCN1CC2(CCCN(C(=O)c3ccccc3C(C)=O)C2)CCC1=O. The Morgan fingerprint density at radius 2 is 1.85 bits per heavy atom. The third kappa shape index (κ3) is 4.23. The quantitative estimate of drug-likeness (QED) is 0.745. The molecule has 1 unspecified atom stereocenters. The van der Waals surface area contributed by atoms with Gasteiger partial charge in [0.2, 0.25) is 5.91 Å². The van der Waals surface area contributed by atoms with E-state index in [1.165, 1.54) is 6.92 Å². The standard InChI is InChI=1S/C22H30N2O3/c1-3-4-13-23-15-22(12-10-20(23)26)11-7-14-24(16-22)21(27)19-9-6-5-8-18(19)17(2)25/h5-6,8-9H,3-4,7,10-16H2,1-2H3. The van der Waals surface area contributed by atoms with Gasteiger partial charge in [-0.3, -0.25) is 14.4 Å². The molecule has 0 radical (unpaired) electrons. The number of Topliss-reactive ketones (excluding diaryl/α,β-unsaturated/α-hetero) is 1. The molecule has 5 nitrogen and oxygen atoms in total. The Morgan fingerprint density at radius 3 is 2.56 bits per heavy atom. The van der Waals surface area contributed by atoms with Crippen molar-refractivity contribution in [3.8, 4) is 0 Å². The lowest BCUT2D eigenvalue weighted by Gasteiger charge is -2.48. The molecule has 3 rings (SSSR count). The first-order valence-electron chi connectivity index (χ1n) is 10.1.